The molecule has 0 spiro atoms. The van der Waals surface area contributed by atoms with Crippen LogP contribution in [-0.2, 0) is 11.3 Å². The average Bonchev–Trinajstić information content (AvgIpc) is 3.14. The van der Waals surface area contributed by atoms with E-state index in [9.17, 15) is 4.79 Å². The molecule has 2 aromatic heterocycles. The van der Waals surface area contributed by atoms with Gasteiger partial charge in [-0.2, -0.15) is 5.10 Å². The summed E-state index contributed by atoms with van der Waals surface area (Å²) >= 11 is 5.34. The van der Waals surface area contributed by atoms with Crippen LogP contribution in [0.5, 0.6) is 0 Å². The van der Waals surface area contributed by atoms with Crippen molar-refractivity contribution in [3.05, 3.63) is 77.3 Å². The molecule has 0 unspecified atom stereocenters. The predicted molar refractivity (Wildman–Crippen MR) is 118 cm³/mol. The number of nitrogens with zero attached hydrogens (tertiary/aromatic N) is 4. The van der Waals surface area contributed by atoms with Crippen molar-refractivity contribution in [2.45, 2.75) is 19.9 Å². The van der Waals surface area contributed by atoms with E-state index in [2.05, 4.69) is 25.5 Å². The van der Waals surface area contributed by atoms with Crippen LogP contribution in [-0.4, -0.2) is 30.6 Å². The first kappa shape index (κ1) is 19.7. The summed E-state index contributed by atoms with van der Waals surface area (Å²) in [7, 11) is 0. The largest absolute Gasteiger partial charge is 0.323 e. The van der Waals surface area contributed by atoms with Crippen molar-refractivity contribution < 1.29 is 4.79 Å². The molecule has 2 heterocycles. The lowest BCUT2D eigenvalue weighted by Crippen LogP contribution is -2.15. The van der Waals surface area contributed by atoms with Crippen molar-refractivity contribution in [1.82, 2.24) is 24.7 Å². The van der Waals surface area contributed by atoms with Crippen molar-refractivity contribution in [3.63, 3.8) is 0 Å². The van der Waals surface area contributed by atoms with Crippen LogP contribution in [0.2, 0.25) is 0 Å². The Morgan fingerprint density at radius 1 is 1.07 bits per heavy atom. The summed E-state index contributed by atoms with van der Waals surface area (Å²) in [5.41, 5.74) is 3.56. The lowest BCUT2D eigenvalue weighted by Gasteiger charge is -2.08. The van der Waals surface area contributed by atoms with Crippen molar-refractivity contribution in [3.8, 4) is 22.8 Å². The summed E-state index contributed by atoms with van der Waals surface area (Å²) < 4.78 is 2.31. The topological polar surface area (TPSA) is 88.5 Å². The Labute approximate surface area is 178 Å². The van der Waals surface area contributed by atoms with E-state index in [0.717, 1.165) is 16.7 Å². The highest BCUT2D eigenvalue weighted by atomic mass is 32.1. The minimum atomic E-state index is -0.149. The number of carbonyl (C=O) groups excluding carboxylic acids is 1. The molecule has 0 fully saturated rings. The minimum Gasteiger partial charge on any atom is -0.323 e. The number of benzene rings is 2. The van der Waals surface area contributed by atoms with Crippen LogP contribution in [0.3, 0.4) is 0 Å². The van der Waals surface area contributed by atoms with Gasteiger partial charge in [-0.3, -0.25) is 14.5 Å². The van der Waals surface area contributed by atoms with E-state index in [-0.39, 0.29) is 12.3 Å². The first-order valence-electron chi connectivity index (χ1n) is 9.50. The van der Waals surface area contributed by atoms with Gasteiger partial charge in [0.05, 0.1) is 18.1 Å². The molecule has 0 saturated carbocycles. The minimum absolute atomic E-state index is 0.149. The van der Waals surface area contributed by atoms with E-state index < -0.39 is 0 Å². The third-order valence-electron chi connectivity index (χ3n) is 4.56. The van der Waals surface area contributed by atoms with Gasteiger partial charge in [0.25, 0.3) is 0 Å². The summed E-state index contributed by atoms with van der Waals surface area (Å²) in [6, 6.07) is 17.7. The van der Waals surface area contributed by atoms with Crippen LogP contribution in [0.1, 0.15) is 12.0 Å². The molecule has 8 heteroatoms. The molecule has 2 aromatic carbocycles. The van der Waals surface area contributed by atoms with Gasteiger partial charge in [0, 0.05) is 24.1 Å². The molecule has 1 amide bonds. The number of hydrogen-bond donors (Lipinski definition) is 2. The molecule has 0 saturated heterocycles. The quantitative estimate of drug-likeness (QED) is 0.455. The Hall–Kier alpha value is -3.65. The number of aromatic nitrogens is 5. The molecule has 0 aliphatic rings. The Balaban J connectivity index is 1.41. The molecule has 4 aromatic rings. The Morgan fingerprint density at radius 3 is 2.53 bits per heavy atom. The van der Waals surface area contributed by atoms with Gasteiger partial charge in [-0.1, -0.05) is 54.1 Å². The molecular formula is C22H20N6OS. The summed E-state index contributed by atoms with van der Waals surface area (Å²) in [6.45, 7) is 2.43. The highest BCUT2D eigenvalue weighted by molar-refractivity contribution is 7.71. The Morgan fingerprint density at radius 2 is 1.80 bits per heavy atom. The standard InChI is InChI=1S/C22H20N6OS/c1-15-6-5-9-17(12-15)21-26-27-22(30)28(21)11-10-19(29)25-18-13-23-20(24-14-18)16-7-3-2-4-8-16/h2-9,12-14H,10-11H2,1H3,(H,25,29)(H,27,30). The van der Waals surface area contributed by atoms with E-state index in [4.69, 9.17) is 12.2 Å². The highest BCUT2D eigenvalue weighted by Crippen LogP contribution is 2.19. The second-order valence-corrected chi connectivity index (χ2v) is 7.22. The molecule has 0 atom stereocenters. The third kappa shape index (κ3) is 4.49. The zero-order chi connectivity index (χ0) is 20.9. The van der Waals surface area contributed by atoms with Gasteiger partial charge in [-0.15, -0.1) is 0 Å². The average molecular weight is 417 g/mol. The number of rotatable bonds is 6. The first-order valence-corrected chi connectivity index (χ1v) is 9.90. The second kappa shape index (κ2) is 8.79. The van der Waals surface area contributed by atoms with Gasteiger partial charge in [0.2, 0.25) is 5.91 Å². The van der Waals surface area contributed by atoms with E-state index in [0.29, 0.717) is 28.7 Å². The number of carbonyl (C=O) groups is 1. The molecule has 0 aliphatic carbocycles. The molecule has 7 nitrogen and oxygen atoms in total. The maximum Gasteiger partial charge on any atom is 0.226 e. The zero-order valence-electron chi connectivity index (χ0n) is 16.4. The predicted octanol–water partition coefficient (Wildman–Crippen LogP) is 4.40. The van der Waals surface area contributed by atoms with E-state index in [1.54, 1.807) is 12.4 Å². The van der Waals surface area contributed by atoms with Gasteiger partial charge in [-0.05, 0) is 25.2 Å². The van der Waals surface area contributed by atoms with Crippen LogP contribution in [0, 0.1) is 11.7 Å². The fraction of sp³-hybridized carbons (Fsp3) is 0.136. The summed E-state index contributed by atoms with van der Waals surface area (Å²) in [5, 5.41) is 9.97. The molecular weight excluding hydrogens is 396 g/mol. The van der Waals surface area contributed by atoms with Gasteiger partial charge >= 0.3 is 0 Å². The van der Waals surface area contributed by atoms with Gasteiger partial charge in [0.15, 0.2) is 16.4 Å². The summed E-state index contributed by atoms with van der Waals surface area (Å²) in [5.74, 6) is 1.18. The molecule has 30 heavy (non-hydrogen) atoms. The fourth-order valence-corrected chi connectivity index (χ4v) is 3.32. The van der Waals surface area contributed by atoms with Crippen LogP contribution in [0.4, 0.5) is 5.69 Å². The number of aryl methyl sites for hydroxylation is 1. The molecule has 0 bridgehead atoms. The van der Waals surface area contributed by atoms with Gasteiger partial charge in [-0.25, -0.2) is 9.97 Å². The van der Waals surface area contributed by atoms with E-state index in [1.807, 2.05) is 66.1 Å². The number of hydrogen-bond acceptors (Lipinski definition) is 5. The number of amides is 1. The number of nitrogens with one attached hydrogen (secondary N) is 2. The van der Waals surface area contributed by atoms with Crippen LogP contribution < -0.4 is 5.32 Å². The normalized spacial score (nSPS) is 10.7. The summed E-state index contributed by atoms with van der Waals surface area (Å²) in [6.07, 6.45) is 3.46. The number of anilines is 1. The number of H-pyrrole nitrogens is 1. The number of aromatic amines is 1. The Kier molecular flexibility index (Phi) is 5.76. The lowest BCUT2D eigenvalue weighted by atomic mass is 10.1. The summed E-state index contributed by atoms with van der Waals surface area (Å²) in [4.78, 5) is 21.1. The first-order chi connectivity index (χ1) is 14.6. The third-order valence-corrected chi connectivity index (χ3v) is 4.88. The molecule has 0 aliphatic heterocycles. The van der Waals surface area contributed by atoms with Gasteiger partial charge < -0.3 is 5.32 Å². The Bertz CT molecular complexity index is 1210. The van der Waals surface area contributed by atoms with Crippen LogP contribution >= 0.6 is 12.2 Å². The highest BCUT2D eigenvalue weighted by Gasteiger charge is 2.11. The van der Waals surface area contributed by atoms with Crippen molar-refractivity contribution >= 4 is 23.8 Å². The smallest absolute Gasteiger partial charge is 0.226 e. The van der Waals surface area contributed by atoms with Crippen LogP contribution in [0.15, 0.2) is 67.0 Å². The SMILES string of the molecule is Cc1cccc(-c2n[nH]c(=S)n2CCC(=O)Nc2cnc(-c3ccccc3)nc2)c1. The maximum atomic E-state index is 12.4. The monoisotopic (exact) mass is 416 g/mol. The molecule has 0 radical (unpaired) electrons. The van der Waals surface area contributed by atoms with Gasteiger partial charge in [0.1, 0.15) is 0 Å². The molecule has 2 N–H and O–H groups in total. The maximum absolute atomic E-state index is 12.4. The van der Waals surface area contributed by atoms with E-state index in [1.165, 1.54) is 0 Å². The second-order valence-electron chi connectivity index (χ2n) is 6.83. The fourth-order valence-electron chi connectivity index (χ4n) is 3.10. The van der Waals surface area contributed by atoms with E-state index >= 15 is 0 Å². The van der Waals surface area contributed by atoms with Crippen molar-refractivity contribution in [2.75, 3.05) is 5.32 Å². The molecule has 150 valence electrons. The lowest BCUT2D eigenvalue weighted by molar-refractivity contribution is -0.116. The van der Waals surface area contributed by atoms with Crippen molar-refractivity contribution in [2.24, 2.45) is 0 Å². The zero-order valence-corrected chi connectivity index (χ0v) is 17.2. The molecule has 4 rings (SSSR count). The van der Waals surface area contributed by atoms with Crippen molar-refractivity contribution in [1.29, 1.82) is 0 Å². The van der Waals surface area contributed by atoms with Crippen LogP contribution in [0.25, 0.3) is 22.8 Å².